The molecule has 24 heavy (non-hydrogen) atoms. The molecule has 0 aromatic carbocycles. The van der Waals surface area contributed by atoms with E-state index in [9.17, 15) is 14.4 Å². The molecule has 0 fully saturated rings. The minimum absolute atomic E-state index is 0.186. The molecule has 0 bridgehead atoms. The fraction of sp³-hybridized carbons (Fsp3) is 0.357. The van der Waals surface area contributed by atoms with Gasteiger partial charge >= 0.3 is 5.97 Å². The van der Waals surface area contributed by atoms with Crippen LogP contribution in [0, 0.1) is 13.8 Å². The van der Waals surface area contributed by atoms with Crippen LogP contribution in [0.15, 0.2) is 16.0 Å². The monoisotopic (exact) mass is 368 g/mol. The van der Waals surface area contributed by atoms with Gasteiger partial charge in [-0.15, -0.1) is 0 Å². The average Bonchev–Trinajstić information content (AvgIpc) is 2.89. The first-order valence-corrected chi connectivity index (χ1v) is 8.88. The summed E-state index contributed by atoms with van der Waals surface area (Å²) < 4.78 is 5.94. The highest BCUT2D eigenvalue weighted by molar-refractivity contribution is 7.98. The van der Waals surface area contributed by atoms with E-state index in [2.05, 4.69) is 20.0 Å². The molecule has 10 heteroatoms. The summed E-state index contributed by atoms with van der Waals surface area (Å²) in [5.74, 6) is -0.933. The molecule has 0 aliphatic carbocycles. The number of amides is 1. The summed E-state index contributed by atoms with van der Waals surface area (Å²) in [6.45, 7) is 3.19. The molecule has 0 saturated carbocycles. The van der Waals surface area contributed by atoms with Gasteiger partial charge in [0.15, 0.2) is 10.3 Å². The summed E-state index contributed by atoms with van der Waals surface area (Å²) in [7, 11) is 1.28. The lowest BCUT2D eigenvalue weighted by Gasteiger charge is -2.10. The number of nitrogens with one attached hydrogen (secondary N) is 1. The molecule has 0 aliphatic rings. The number of anilines is 1. The molecule has 128 valence electrons. The Morgan fingerprint density at radius 3 is 2.71 bits per heavy atom. The molecular weight excluding hydrogens is 352 g/mol. The van der Waals surface area contributed by atoms with E-state index in [4.69, 9.17) is 0 Å². The van der Waals surface area contributed by atoms with Crippen molar-refractivity contribution in [1.82, 2.24) is 14.5 Å². The van der Waals surface area contributed by atoms with Crippen molar-refractivity contribution in [2.24, 2.45) is 0 Å². The number of methoxy groups -OCH3 is 1. The van der Waals surface area contributed by atoms with E-state index >= 15 is 0 Å². The molecule has 0 unspecified atom stereocenters. The molecule has 0 aliphatic heterocycles. The fourth-order valence-corrected chi connectivity index (χ4v) is 3.44. The lowest BCUT2D eigenvalue weighted by molar-refractivity contribution is -0.116. The minimum Gasteiger partial charge on any atom is -0.465 e. The number of ether oxygens (including phenoxy) is 1. The summed E-state index contributed by atoms with van der Waals surface area (Å²) in [6, 6.07) is 1.37. The van der Waals surface area contributed by atoms with E-state index in [1.165, 1.54) is 29.5 Å². The van der Waals surface area contributed by atoms with E-state index in [1.807, 2.05) is 0 Å². The van der Waals surface area contributed by atoms with Gasteiger partial charge in [-0.2, -0.15) is 0 Å². The van der Waals surface area contributed by atoms with Crippen LogP contribution in [0.5, 0.6) is 0 Å². The number of thiazole rings is 1. The molecular formula is C14H16N4O4S2. The Morgan fingerprint density at radius 2 is 2.08 bits per heavy atom. The summed E-state index contributed by atoms with van der Waals surface area (Å²) in [4.78, 5) is 44.5. The topological polar surface area (TPSA) is 103 Å². The second-order valence-corrected chi connectivity index (χ2v) is 6.55. The SMILES string of the molecule is COC(=O)c1sc(NC(=O)Cn2c(SC)nc(C)cc2=O)nc1C. The predicted octanol–water partition coefficient (Wildman–Crippen LogP) is 1.46. The highest BCUT2D eigenvalue weighted by Gasteiger charge is 2.18. The van der Waals surface area contributed by atoms with E-state index in [0.29, 0.717) is 21.4 Å². The van der Waals surface area contributed by atoms with Crippen LogP contribution in [0.4, 0.5) is 5.13 Å². The molecule has 0 atom stereocenters. The Bertz CT molecular complexity index is 844. The zero-order chi connectivity index (χ0) is 17.9. The Balaban J connectivity index is 2.18. The van der Waals surface area contributed by atoms with E-state index in [1.54, 1.807) is 20.1 Å². The van der Waals surface area contributed by atoms with Crippen molar-refractivity contribution < 1.29 is 14.3 Å². The van der Waals surface area contributed by atoms with Crippen LogP contribution in [-0.2, 0) is 16.1 Å². The van der Waals surface area contributed by atoms with E-state index in [0.717, 1.165) is 11.3 Å². The van der Waals surface area contributed by atoms with Crippen LogP contribution in [0.3, 0.4) is 0 Å². The van der Waals surface area contributed by atoms with Crippen LogP contribution >= 0.6 is 23.1 Å². The highest BCUT2D eigenvalue weighted by Crippen LogP contribution is 2.23. The molecule has 2 rings (SSSR count). The number of hydrogen-bond acceptors (Lipinski definition) is 8. The van der Waals surface area contributed by atoms with Crippen molar-refractivity contribution in [3.8, 4) is 0 Å². The second kappa shape index (κ2) is 7.58. The van der Waals surface area contributed by atoms with Gasteiger partial charge in [0.1, 0.15) is 11.4 Å². The van der Waals surface area contributed by atoms with Gasteiger partial charge in [-0.1, -0.05) is 23.1 Å². The fourth-order valence-electron chi connectivity index (χ4n) is 1.93. The summed E-state index contributed by atoms with van der Waals surface area (Å²) in [5, 5.41) is 3.32. The van der Waals surface area contributed by atoms with Crippen LogP contribution in [0.2, 0.25) is 0 Å². The molecule has 2 heterocycles. The number of thioether (sulfide) groups is 1. The van der Waals surface area contributed by atoms with Crippen LogP contribution in [-0.4, -0.2) is 39.8 Å². The second-order valence-electron chi connectivity index (χ2n) is 4.78. The van der Waals surface area contributed by atoms with E-state index < -0.39 is 11.9 Å². The van der Waals surface area contributed by atoms with E-state index in [-0.39, 0.29) is 17.2 Å². The zero-order valence-electron chi connectivity index (χ0n) is 13.6. The first-order chi connectivity index (χ1) is 11.3. The van der Waals surface area contributed by atoms with Gasteiger partial charge in [0.25, 0.3) is 5.56 Å². The quantitative estimate of drug-likeness (QED) is 0.484. The normalized spacial score (nSPS) is 10.5. The largest absolute Gasteiger partial charge is 0.465 e. The highest BCUT2D eigenvalue weighted by atomic mass is 32.2. The minimum atomic E-state index is -0.505. The van der Waals surface area contributed by atoms with Gasteiger partial charge < -0.3 is 10.1 Å². The van der Waals surface area contributed by atoms with Gasteiger partial charge in [-0.3, -0.25) is 14.2 Å². The summed E-state index contributed by atoms with van der Waals surface area (Å²) in [5.41, 5.74) is 0.771. The first-order valence-electron chi connectivity index (χ1n) is 6.83. The maximum Gasteiger partial charge on any atom is 0.350 e. The number of nitrogens with zero attached hydrogens (tertiary/aromatic N) is 3. The van der Waals surface area contributed by atoms with Crippen molar-refractivity contribution in [2.45, 2.75) is 25.5 Å². The average molecular weight is 368 g/mol. The smallest absolute Gasteiger partial charge is 0.350 e. The lowest BCUT2D eigenvalue weighted by Crippen LogP contribution is -2.29. The van der Waals surface area contributed by atoms with Crippen LogP contribution < -0.4 is 10.9 Å². The van der Waals surface area contributed by atoms with Crippen molar-refractivity contribution in [3.63, 3.8) is 0 Å². The molecule has 2 aromatic heterocycles. The first kappa shape index (κ1) is 18.1. The molecule has 0 spiro atoms. The third-order valence-corrected chi connectivity index (χ3v) is 4.73. The maximum atomic E-state index is 12.2. The number of rotatable bonds is 5. The number of esters is 1. The van der Waals surface area contributed by atoms with Gasteiger partial charge in [0.2, 0.25) is 5.91 Å². The maximum absolute atomic E-state index is 12.2. The third-order valence-electron chi connectivity index (χ3n) is 3.00. The van der Waals surface area contributed by atoms with Crippen LogP contribution in [0.1, 0.15) is 21.1 Å². The zero-order valence-corrected chi connectivity index (χ0v) is 15.2. The van der Waals surface area contributed by atoms with Gasteiger partial charge in [0.05, 0.1) is 12.8 Å². The summed E-state index contributed by atoms with van der Waals surface area (Å²) in [6.07, 6.45) is 1.78. The number of aromatic nitrogens is 3. The number of carbonyl (C=O) groups excluding carboxylic acids is 2. The molecule has 0 radical (unpaired) electrons. The van der Waals surface area contributed by atoms with Crippen molar-refractivity contribution in [1.29, 1.82) is 0 Å². The Morgan fingerprint density at radius 1 is 1.38 bits per heavy atom. The van der Waals surface area contributed by atoms with Gasteiger partial charge in [-0.25, -0.2) is 14.8 Å². The van der Waals surface area contributed by atoms with Gasteiger partial charge in [-0.05, 0) is 20.1 Å². The number of aryl methyl sites for hydroxylation is 2. The Labute approximate surface area is 146 Å². The predicted molar refractivity (Wildman–Crippen MR) is 91.8 cm³/mol. The third kappa shape index (κ3) is 4.01. The van der Waals surface area contributed by atoms with Gasteiger partial charge in [0, 0.05) is 11.8 Å². The standard InChI is InChI=1S/C14H16N4O4S2/c1-7-5-10(20)18(14(15-7)23-4)6-9(19)17-13-16-8(2)11(24-13)12(21)22-3/h5H,6H2,1-4H3,(H,16,17,19). The molecule has 0 saturated heterocycles. The molecule has 2 aromatic rings. The Kier molecular flexibility index (Phi) is 5.73. The molecule has 1 N–H and O–H groups in total. The molecule has 1 amide bonds. The van der Waals surface area contributed by atoms with Crippen LogP contribution in [0.25, 0.3) is 0 Å². The van der Waals surface area contributed by atoms with Crippen molar-refractivity contribution in [3.05, 3.63) is 32.7 Å². The summed E-state index contributed by atoms with van der Waals surface area (Å²) >= 11 is 2.30. The number of carbonyl (C=O) groups is 2. The lowest BCUT2D eigenvalue weighted by atomic mass is 10.4. The van der Waals surface area contributed by atoms with Crippen molar-refractivity contribution in [2.75, 3.05) is 18.7 Å². The Hall–Kier alpha value is -2.20. The molecule has 8 nitrogen and oxygen atoms in total. The van der Waals surface area contributed by atoms with Crippen molar-refractivity contribution >= 4 is 40.1 Å². The number of hydrogen-bond donors (Lipinski definition) is 1.